The van der Waals surface area contributed by atoms with Crippen molar-refractivity contribution in [2.45, 2.75) is 6.18 Å². The molecule has 0 spiro atoms. The Morgan fingerprint density at radius 3 is 1.08 bits per heavy atom. The number of benzene rings is 10. The molecule has 4 heterocycles. The molecule has 0 bridgehead atoms. The van der Waals surface area contributed by atoms with Crippen LogP contribution in [0.1, 0.15) is 11.1 Å². The minimum Gasteiger partial charge on any atom is -0.309 e. The minimum atomic E-state index is -4.85. The zero-order valence-electron chi connectivity index (χ0n) is 38.0. The van der Waals surface area contributed by atoms with Gasteiger partial charge in [0.05, 0.1) is 79.3 Å². The van der Waals surface area contributed by atoms with Crippen LogP contribution in [0.5, 0.6) is 0 Å². The first-order valence-electron chi connectivity index (χ1n) is 23.5. The van der Waals surface area contributed by atoms with Crippen LogP contribution >= 0.6 is 0 Å². The molecule has 0 N–H and O–H groups in total. The Morgan fingerprint density at radius 2 is 0.722 bits per heavy atom. The van der Waals surface area contributed by atoms with Gasteiger partial charge < -0.3 is 18.3 Å². The van der Waals surface area contributed by atoms with Gasteiger partial charge in [-0.15, -0.1) is 0 Å². The van der Waals surface area contributed by atoms with E-state index in [1.807, 2.05) is 130 Å². The number of hydrogen-bond acceptors (Lipinski definition) is 1. The van der Waals surface area contributed by atoms with E-state index in [0.717, 1.165) is 105 Å². The summed E-state index contributed by atoms with van der Waals surface area (Å²) in [7, 11) is 0. The van der Waals surface area contributed by atoms with Crippen LogP contribution in [0.25, 0.3) is 126 Å². The van der Waals surface area contributed by atoms with Gasteiger partial charge in [-0.05, 0) is 84.9 Å². The SMILES string of the molecule is [C-]#[N+]c1cccc(C(F)(F)F)c1-c1c(-n2c3ccccc3c3cc(-n4c5ccccc5c5ccccc54)ccc32)cc(C#N)cc1-n1c2ccccc2c2cc(-n3c4ccccc4c4ccccc43)ccc21. The van der Waals surface area contributed by atoms with Crippen molar-refractivity contribution < 1.29 is 13.2 Å². The van der Waals surface area contributed by atoms with Gasteiger partial charge in [-0.1, -0.05) is 127 Å². The lowest BCUT2D eigenvalue weighted by Crippen LogP contribution is -2.11. The Hall–Kier alpha value is -9.83. The number of aromatic nitrogens is 4. The van der Waals surface area contributed by atoms with E-state index in [1.165, 1.54) is 12.1 Å². The fourth-order valence-electron chi connectivity index (χ4n) is 11.5. The number of nitriles is 1. The summed E-state index contributed by atoms with van der Waals surface area (Å²) in [6, 6.07) is 70.8. The molecule has 14 rings (SSSR count). The van der Waals surface area contributed by atoms with Crippen molar-refractivity contribution in [2.24, 2.45) is 0 Å². The van der Waals surface area contributed by atoms with Crippen LogP contribution in [0.2, 0.25) is 0 Å². The number of halogens is 3. The maximum absolute atomic E-state index is 15.8. The summed E-state index contributed by atoms with van der Waals surface area (Å²) in [5, 5.41) is 19.0. The molecule has 0 amide bonds. The smallest absolute Gasteiger partial charge is 0.309 e. The van der Waals surface area contributed by atoms with Crippen LogP contribution in [0.4, 0.5) is 18.9 Å². The summed E-state index contributed by atoms with van der Waals surface area (Å²) in [6.07, 6.45) is -4.85. The average Bonchev–Trinajstić information content (AvgIpc) is 4.15. The molecule has 0 atom stereocenters. The topological polar surface area (TPSA) is 47.9 Å². The summed E-state index contributed by atoms with van der Waals surface area (Å²) in [5.74, 6) is 0. The molecule has 338 valence electrons. The van der Waals surface area contributed by atoms with Gasteiger partial charge in [0.1, 0.15) is 0 Å². The number of hydrogen-bond donors (Lipinski definition) is 0. The zero-order valence-corrected chi connectivity index (χ0v) is 38.0. The lowest BCUT2D eigenvalue weighted by molar-refractivity contribution is -0.137. The molecule has 0 aliphatic heterocycles. The molecule has 0 saturated heterocycles. The predicted molar refractivity (Wildman–Crippen MR) is 285 cm³/mol. The average molecular weight is 933 g/mol. The molecule has 0 saturated carbocycles. The van der Waals surface area contributed by atoms with E-state index in [-0.39, 0.29) is 22.4 Å². The molecule has 0 aliphatic carbocycles. The number of fused-ring (bicyclic) bond motifs is 12. The third kappa shape index (κ3) is 5.83. The standard InChI is InChI=1S/C63H35F3N6/c1-68-50-22-14-21-49(63(64,65)66)61(50)62-59(71-55-27-12-6-19-45(55)47-35-39(29-31-57(47)71)69-51-23-8-2-15-41(51)42-16-3-9-24-52(42)69)33-38(37-67)34-60(62)72-56-28-13-7-20-46(56)48-36-40(30-32-58(48)72)70-53-25-10-4-17-43(53)44-18-5-11-26-54(44)70/h2-36H. The predicted octanol–water partition coefficient (Wildman–Crippen LogP) is 17.2. The van der Waals surface area contributed by atoms with E-state index in [9.17, 15) is 5.26 Å². The van der Waals surface area contributed by atoms with Crippen molar-refractivity contribution in [1.82, 2.24) is 18.3 Å². The van der Waals surface area contributed by atoms with E-state index in [1.54, 1.807) is 12.1 Å². The van der Waals surface area contributed by atoms with Crippen molar-refractivity contribution >= 4 is 92.9 Å². The second-order valence-corrected chi connectivity index (χ2v) is 18.2. The second kappa shape index (κ2) is 15.3. The Bertz CT molecular complexity index is 4360. The van der Waals surface area contributed by atoms with Crippen molar-refractivity contribution in [3.8, 4) is 39.9 Å². The van der Waals surface area contributed by atoms with E-state index in [2.05, 4.69) is 80.7 Å². The zero-order chi connectivity index (χ0) is 48.4. The molecule has 14 aromatic rings. The van der Waals surface area contributed by atoms with Gasteiger partial charge in [-0.25, -0.2) is 4.85 Å². The van der Waals surface area contributed by atoms with Crippen LogP contribution < -0.4 is 0 Å². The van der Waals surface area contributed by atoms with Gasteiger partial charge in [0.15, 0.2) is 5.69 Å². The van der Waals surface area contributed by atoms with Crippen LogP contribution in [-0.2, 0) is 6.18 Å². The summed E-state index contributed by atoms with van der Waals surface area (Å²) in [5.41, 5.74) is 8.54. The number of para-hydroxylation sites is 6. The Balaban J connectivity index is 1.10. The van der Waals surface area contributed by atoms with Gasteiger partial charge in [0.2, 0.25) is 0 Å². The second-order valence-electron chi connectivity index (χ2n) is 18.2. The fourth-order valence-corrected chi connectivity index (χ4v) is 11.5. The van der Waals surface area contributed by atoms with Crippen molar-refractivity contribution in [2.75, 3.05) is 0 Å². The molecule has 0 radical (unpaired) electrons. The normalized spacial score (nSPS) is 12.1. The summed E-state index contributed by atoms with van der Waals surface area (Å²) >= 11 is 0. The fraction of sp³-hybridized carbons (Fsp3) is 0.0159. The lowest BCUT2D eigenvalue weighted by Gasteiger charge is -2.24. The first-order chi connectivity index (χ1) is 35.3. The number of rotatable bonds is 5. The quantitative estimate of drug-likeness (QED) is 0.159. The van der Waals surface area contributed by atoms with Crippen LogP contribution in [-0.4, -0.2) is 18.3 Å². The van der Waals surface area contributed by atoms with Gasteiger partial charge in [0, 0.05) is 65.6 Å². The van der Waals surface area contributed by atoms with Gasteiger partial charge >= 0.3 is 6.18 Å². The largest absolute Gasteiger partial charge is 0.415 e. The Morgan fingerprint density at radius 1 is 0.375 bits per heavy atom. The van der Waals surface area contributed by atoms with Gasteiger partial charge in [-0.3, -0.25) is 0 Å². The number of nitrogens with zero attached hydrogens (tertiary/aromatic N) is 6. The Labute approximate surface area is 408 Å². The molecule has 0 aliphatic rings. The molecule has 6 nitrogen and oxygen atoms in total. The highest BCUT2D eigenvalue weighted by molar-refractivity contribution is 6.15. The molecular formula is C63H35F3N6. The van der Waals surface area contributed by atoms with Crippen molar-refractivity contribution in [3.05, 3.63) is 235 Å². The lowest BCUT2D eigenvalue weighted by atomic mass is 9.92. The molecule has 4 aromatic heterocycles. The van der Waals surface area contributed by atoms with E-state index in [0.29, 0.717) is 11.4 Å². The highest BCUT2D eigenvalue weighted by Gasteiger charge is 2.37. The van der Waals surface area contributed by atoms with Crippen molar-refractivity contribution in [1.29, 1.82) is 5.26 Å². The number of alkyl halides is 3. The minimum absolute atomic E-state index is 0.163. The summed E-state index contributed by atoms with van der Waals surface area (Å²) in [6.45, 7) is 8.43. The Kier molecular flexibility index (Phi) is 8.77. The van der Waals surface area contributed by atoms with Gasteiger partial charge in [-0.2, -0.15) is 18.4 Å². The highest BCUT2D eigenvalue weighted by Crippen LogP contribution is 2.50. The summed E-state index contributed by atoms with van der Waals surface area (Å²) < 4.78 is 55.8. The first kappa shape index (κ1) is 41.2. The highest BCUT2D eigenvalue weighted by atomic mass is 19.4. The van der Waals surface area contributed by atoms with Crippen LogP contribution in [0, 0.1) is 17.9 Å². The maximum Gasteiger partial charge on any atom is 0.415 e. The molecular weight excluding hydrogens is 898 g/mol. The van der Waals surface area contributed by atoms with Crippen molar-refractivity contribution in [3.63, 3.8) is 0 Å². The molecule has 72 heavy (non-hydrogen) atoms. The molecule has 0 unspecified atom stereocenters. The molecule has 9 heteroatoms. The third-order valence-corrected chi connectivity index (χ3v) is 14.4. The molecule has 0 fully saturated rings. The molecule has 10 aromatic carbocycles. The van der Waals surface area contributed by atoms with Crippen LogP contribution in [0.3, 0.4) is 0 Å². The maximum atomic E-state index is 15.8. The third-order valence-electron chi connectivity index (χ3n) is 14.4. The first-order valence-corrected chi connectivity index (χ1v) is 23.5. The monoisotopic (exact) mass is 932 g/mol. The van der Waals surface area contributed by atoms with Gasteiger partial charge in [0.25, 0.3) is 0 Å². The van der Waals surface area contributed by atoms with E-state index in [4.69, 9.17) is 6.57 Å². The van der Waals surface area contributed by atoms with E-state index >= 15 is 13.2 Å². The summed E-state index contributed by atoms with van der Waals surface area (Å²) in [4.78, 5) is 3.80. The van der Waals surface area contributed by atoms with E-state index < -0.39 is 11.7 Å². The van der Waals surface area contributed by atoms with Crippen LogP contribution in [0.15, 0.2) is 212 Å².